The number of carbonyl (C=O) groups excluding carboxylic acids is 1. The molecule has 2 aromatic carbocycles. The number of alkyl halides is 3. The number of halogens is 3. The summed E-state index contributed by atoms with van der Waals surface area (Å²) in [6, 6.07) is 17.5. The van der Waals surface area contributed by atoms with E-state index in [0.29, 0.717) is 18.7 Å². The van der Waals surface area contributed by atoms with E-state index in [1.807, 2.05) is 42.5 Å². The molecule has 4 aromatic rings. The number of amides is 1. The molecule has 34 heavy (non-hydrogen) atoms. The van der Waals surface area contributed by atoms with Gasteiger partial charge in [0.05, 0.1) is 6.61 Å². The zero-order valence-electron chi connectivity index (χ0n) is 18.2. The number of benzene rings is 2. The van der Waals surface area contributed by atoms with Crippen molar-refractivity contribution in [1.82, 2.24) is 10.3 Å². The Morgan fingerprint density at radius 3 is 2.71 bits per heavy atom. The van der Waals surface area contributed by atoms with Crippen LogP contribution in [0, 0.1) is 0 Å². The monoisotopic (exact) mass is 486 g/mol. The van der Waals surface area contributed by atoms with Crippen molar-refractivity contribution < 1.29 is 27.4 Å². The lowest BCUT2D eigenvalue weighted by Gasteiger charge is -2.08. The molecular weight excluding hydrogens is 465 g/mol. The fourth-order valence-corrected chi connectivity index (χ4v) is 4.53. The average Bonchev–Trinajstić information content (AvgIpc) is 3.26. The Bertz CT molecular complexity index is 1300. The van der Waals surface area contributed by atoms with Gasteiger partial charge in [0.1, 0.15) is 18.1 Å². The highest BCUT2D eigenvalue weighted by Gasteiger charge is 2.32. The third kappa shape index (κ3) is 5.55. The van der Waals surface area contributed by atoms with E-state index in [1.54, 1.807) is 13.2 Å². The Labute approximate surface area is 198 Å². The van der Waals surface area contributed by atoms with Crippen LogP contribution in [0.1, 0.15) is 20.9 Å². The van der Waals surface area contributed by atoms with Gasteiger partial charge >= 0.3 is 6.18 Å². The topological polar surface area (TPSA) is 60.5 Å². The van der Waals surface area contributed by atoms with Gasteiger partial charge in [-0.3, -0.25) is 9.78 Å². The molecule has 9 heteroatoms. The van der Waals surface area contributed by atoms with Crippen LogP contribution in [0.15, 0.2) is 66.9 Å². The molecule has 2 heterocycles. The maximum absolute atomic E-state index is 12.9. The van der Waals surface area contributed by atoms with Crippen molar-refractivity contribution in [2.45, 2.75) is 12.8 Å². The lowest BCUT2D eigenvalue weighted by molar-refractivity contribution is -0.141. The Morgan fingerprint density at radius 2 is 1.91 bits per heavy atom. The number of hydrogen-bond acceptors (Lipinski definition) is 5. The molecule has 0 unspecified atom stereocenters. The van der Waals surface area contributed by atoms with Crippen LogP contribution in [0.4, 0.5) is 13.2 Å². The van der Waals surface area contributed by atoms with Gasteiger partial charge in [0.25, 0.3) is 5.91 Å². The Kier molecular flexibility index (Phi) is 7.14. The van der Waals surface area contributed by atoms with E-state index in [0.717, 1.165) is 38.4 Å². The Hall–Kier alpha value is -3.43. The minimum atomic E-state index is -4.53. The van der Waals surface area contributed by atoms with Crippen LogP contribution in [0.5, 0.6) is 5.75 Å². The molecular formula is C25H21F3N2O3S. The van der Waals surface area contributed by atoms with Crippen molar-refractivity contribution in [2.24, 2.45) is 0 Å². The standard InChI is InChI=1S/C25H21F3N2O3S/c1-32-11-10-30-24(31)18-6-2-4-16(12-18)21-7-3-5-17-13-20(34-23(17)21)15-33-19-8-9-29-22(14-19)25(26,27)28/h2-9,12-14H,10-11,15H2,1H3,(H,30,31). The molecule has 1 amide bonds. The number of pyridine rings is 1. The van der Waals surface area contributed by atoms with Gasteiger partial charge in [0.15, 0.2) is 0 Å². The second-order valence-electron chi connectivity index (χ2n) is 7.43. The minimum absolute atomic E-state index is 0.104. The number of hydrogen-bond donors (Lipinski definition) is 1. The summed E-state index contributed by atoms with van der Waals surface area (Å²) < 4.78 is 50.2. The molecule has 176 valence electrons. The molecule has 4 rings (SSSR count). The van der Waals surface area contributed by atoms with Crippen LogP contribution in [0.25, 0.3) is 21.2 Å². The predicted octanol–water partition coefficient (Wildman–Crippen LogP) is 5.94. The van der Waals surface area contributed by atoms with Crippen LogP contribution < -0.4 is 10.1 Å². The summed E-state index contributed by atoms with van der Waals surface area (Å²) in [7, 11) is 1.57. The van der Waals surface area contributed by atoms with Crippen molar-refractivity contribution in [3.05, 3.63) is 83.0 Å². The largest absolute Gasteiger partial charge is 0.488 e. The SMILES string of the molecule is COCCNC(=O)c1cccc(-c2cccc3cc(COc4ccnc(C(F)(F)F)c4)sc23)c1. The first-order valence-corrected chi connectivity index (χ1v) is 11.2. The number of aromatic nitrogens is 1. The van der Waals surface area contributed by atoms with E-state index in [1.165, 1.54) is 17.4 Å². The quantitative estimate of drug-likeness (QED) is 0.313. The van der Waals surface area contributed by atoms with Crippen molar-refractivity contribution in [3.63, 3.8) is 0 Å². The number of rotatable bonds is 8. The fourth-order valence-electron chi connectivity index (χ4n) is 3.42. The number of ether oxygens (including phenoxy) is 2. The lowest BCUT2D eigenvalue weighted by Crippen LogP contribution is -2.26. The zero-order chi connectivity index (χ0) is 24.1. The number of thiophene rings is 1. The van der Waals surface area contributed by atoms with E-state index in [2.05, 4.69) is 10.3 Å². The maximum Gasteiger partial charge on any atom is 0.433 e. The predicted molar refractivity (Wildman–Crippen MR) is 125 cm³/mol. The van der Waals surface area contributed by atoms with E-state index in [-0.39, 0.29) is 18.3 Å². The number of nitrogens with one attached hydrogen (secondary N) is 1. The van der Waals surface area contributed by atoms with Gasteiger partial charge in [-0.1, -0.05) is 30.3 Å². The van der Waals surface area contributed by atoms with Crippen molar-refractivity contribution in [3.8, 4) is 16.9 Å². The number of carbonyl (C=O) groups is 1. The van der Waals surface area contributed by atoms with Gasteiger partial charge in [-0.25, -0.2) is 0 Å². The van der Waals surface area contributed by atoms with E-state index >= 15 is 0 Å². The van der Waals surface area contributed by atoms with E-state index < -0.39 is 11.9 Å². The molecule has 0 aliphatic rings. The Morgan fingerprint density at radius 1 is 1.09 bits per heavy atom. The summed E-state index contributed by atoms with van der Waals surface area (Å²) in [5.74, 6) is -0.0749. The molecule has 0 bridgehead atoms. The van der Waals surface area contributed by atoms with E-state index in [9.17, 15) is 18.0 Å². The Balaban J connectivity index is 1.55. The second-order valence-corrected chi connectivity index (χ2v) is 8.57. The summed E-state index contributed by atoms with van der Waals surface area (Å²) in [6.45, 7) is 0.981. The average molecular weight is 487 g/mol. The smallest absolute Gasteiger partial charge is 0.433 e. The lowest BCUT2D eigenvalue weighted by atomic mass is 10.0. The van der Waals surface area contributed by atoms with Gasteiger partial charge in [-0.15, -0.1) is 11.3 Å². The van der Waals surface area contributed by atoms with E-state index in [4.69, 9.17) is 9.47 Å². The third-order valence-corrected chi connectivity index (χ3v) is 6.18. The normalized spacial score (nSPS) is 11.5. The summed E-state index contributed by atoms with van der Waals surface area (Å²) in [6.07, 6.45) is -3.44. The maximum atomic E-state index is 12.9. The number of fused-ring (bicyclic) bond motifs is 1. The summed E-state index contributed by atoms with van der Waals surface area (Å²) >= 11 is 1.50. The van der Waals surface area contributed by atoms with Crippen molar-refractivity contribution >= 4 is 27.3 Å². The summed E-state index contributed by atoms with van der Waals surface area (Å²) in [4.78, 5) is 16.6. The van der Waals surface area contributed by atoms with Gasteiger partial charge in [-0.05, 0) is 40.8 Å². The summed E-state index contributed by atoms with van der Waals surface area (Å²) in [5, 5.41) is 3.80. The molecule has 0 spiro atoms. The van der Waals surface area contributed by atoms with Crippen molar-refractivity contribution in [1.29, 1.82) is 0 Å². The first-order valence-electron chi connectivity index (χ1n) is 10.4. The first kappa shape index (κ1) is 23.7. The van der Waals surface area contributed by atoms with Gasteiger partial charge in [-0.2, -0.15) is 13.2 Å². The molecule has 0 aliphatic heterocycles. The zero-order valence-corrected chi connectivity index (χ0v) is 19.0. The summed E-state index contributed by atoms with van der Waals surface area (Å²) in [5.41, 5.74) is 1.41. The van der Waals surface area contributed by atoms with Crippen LogP contribution in [-0.4, -0.2) is 31.2 Å². The molecule has 2 aromatic heterocycles. The van der Waals surface area contributed by atoms with Crippen LogP contribution in [-0.2, 0) is 17.5 Å². The second kappa shape index (κ2) is 10.2. The molecule has 0 fully saturated rings. The molecule has 0 saturated heterocycles. The highest BCUT2D eigenvalue weighted by Crippen LogP contribution is 2.36. The van der Waals surface area contributed by atoms with Gasteiger partial charge < -0.3 is 14.8 Å². The molecule has 0 atom stereocenters. The van der Waals surface area contributed by atoms with Crippen LogP contribution in [0.2, 0.25) is 0 Å². The van der Waals surface area contributed by atoms with Crippen LogP contribution >= 0.6 is 11.3 Å². The molecule has 0 aliphatic carbocycles. The van der Waals surface area contributed by atoms with Crippen LogP contribution in [0.3, 0.4) is 0 Å². The highest BCUT2D eigenvalue weighted by atomic mass is 32.1. The van der Waals surface area contributed by atoms with Crippen molar-refractivity contribution in [2.75, 3.05) is 20.3 Å². The number of methoxy groups -OCH3 is 1. The minimum Gasteiger partial charge on any atom is -0.488 e. The highest BCUT2D eigenvalue weighted by molar-refractivity contribution is 7.19. The molecule has 0 radical (unpaired) electrons. The number of nitrogens with zero attached hydrogens (tertiary/aromatic N) is 1. The third-order valence-electron chi connectivity index (χ3n) is 5.03. The van der Waals surface area contributed by atoms with Gasteiger partial charge in [0, 0.05) is 41.1 Å². The molecule has 5 nitrogen and oxygen atoms in total. The molecule has 1 N–H and O–H groups in total. The molecule has 0 saturated carbocycles. The first-order chi connectivity index (χ1) is 16.3. The van der Waals surface area contributed by atoms with Gasteiger partial charge in [0.2, 0.25) is 0 Å². The fraction of sp³-hybridized carbons (Fsp3) is 0.200.